The summed E-state index contributed by atoms with van der Waals surface area (Å²) in [5.74, 6) is -1.21. The topological polar surface area (TPSA) is 47.0 Å². The fourth-order valence-corrected chi connectivity index (χ4v) is 3.51. The molecule has 0 amide bonds. The monoisotopic (exact) mass is 309 g/mol. The Hall–Kier alpha value is -2.66. The van der Waals surface area contributed by atoms with Gasteiger partial charge in [0.2, 0.25) is 11.6 Å². The van der Waals surface area contributed by atoms with E-state index < -0.39 is 11.6 Å². The van der Waals surface area contributed by atoms with Crippen LogP contribution in [0.4, 0.5) is 4.39 Å². The zero-order chi connectivity index (χ0) is 15.3. The number of nitrogens with zero attached hydrogens (tertiary/aromatic N) is 1. The molecule has 0 spiro atoms. The number of thiazole rings is 1. The lowest BCUT2D eigenvalue weighted by atomic mass is 9.91. The summed E-state index contributed by atoms with van der Waals surface area (Å²) in [6, 6.07) is 13.0. The minimum Gasteiger partial charge on any atom is -0.288 e. The molecule has 0 fully saturated rings. The van der Waals surface area contributed by atoms with Crippen molar-refractivity contribution >= 4 is 22.9 Å². The van der Waals surface area contributed by atoms with Crippen molar-refractivity contribution in [2.45, 2.75) is 0 Å². The van der Waals surface area contributed by atoms with Crippen molar-refractivity contribution in [2.24, 2.45) is 0 Å². The van der Waals surface area contributed by atoms with E-state index in [0.717, 1.165) is 11.6 Å². The summed E-state index contributed by atoms with van der Waals surface area (Å²) in [6.07, 6.45) is 0. The Bertz CT molecular complexity index is 931. The minimum absolute atomic E-state index is 0.0856. The van der Waals surface area contributed by atoms with Gasteiger partial charge in [0.25, 0.3) is 0 Å². The van der Waals surface area contributed by atoms with Crippen LogP contribution in [0.15, 0.2) is 48.5 Å². The van der Waals surface area contributed by atoms with Crippen LogP contribution in [0.1, 0.15) is 31.3 Å². The Balaban J connectivity index is 1.91. The highest BCUT2D eigenvalue weighted by molar-refractivity contribution is 7.17. The summed E-state index contributed by atoms with van der Waals surface area (Å²) in [5, 5.41) is 0.612. The summed E-state index contributed by atoms with van der Waals surface area (Å²) in [6.45, 7) is 0. The first-order valence-corrected chi connectivity index (χ1v) is 7.42. The molecule has 3 nitrogen and oxygen atoms in total. The van der Waals surface area contributed by atoms with Crippen LogP contribution in [0.5, 0.6) is 0 Å². The molecule has 0 saturated carbocycles. The lowest BCUT2D eigenvalue weighted by molar-refractivity contribution is 0.0979. The van der Waals surface area contributed by atoms with Crippen molar-refractivity contribution in [1.82, 2.24) is 4.98 Å². The fourth-order valence-electron chi connectivity index (χ4n) is 2.48. The maximum atomic E-state index is 13.4. The van der Waals surface area contributed by atoms with Gasteiger partial charge >= 0.3 is 0 Å². The molecule has 1 aromatic heterocycles. The molecule has 3 aromatic rings. The zero-order valence-electron chi connectivity index (χ0n) is 11.2. The molecule has 0 aliphatic heterocycles. The maximum Gasteiger partial charge on any atom is 0.213 e. The number of ketones is 2. The van der Waals surface area contributed by atoms with Crippen molar-refractivity contribution in [3.63, 3.8) is 0 Å². The Kier molecular flexibility index (Phi) is 2.77. The van der Waals surface area contributed by atoms with E-state index in [4.69, 9.17) is 0 Å². The number of carbonyl (C=O) groups is 2. The number of benzene rings is 2. The molecule has 5 heteroatoms. The van der Waals surface area contributed by atoms with E-state index in [1.165, 1.54) is 23.5 Å². The van der Waals surface area contributed by atoms with Crippen molar-refractivity contribution in [3.8, 4) is 10.6 Å². The first kappa shape index (κ1) is 13.0. The second-order valence-electron chi connectivity index (χ2n) is 4.91. The van der Waals surface area contributed by atoms with Crippen molar-refractivity contribution < 1.29 is 14.0 Å². The van der Waals surface area contributed by atoms with Crippen LogP contribution < -0.4 is 0 Å². The predicted octanol–water partition coefficient (Wildman–Crippen LogP) is 3.72. The highest BCUT2D eigenvalue weighted by Gasteiger charge is 2.33. The van der Waals surface area contributed by atoms with Crippen LogP contribution in [0.3, 0.4) is 0 Å². The number of hydrogen-bond donors (Lipinski definition) is 0. The largest absolute Gasteiger partial charge is 0.288 e. The number of aromatic nitrogens is 1. The van der Waals surface area contributed by atoms with Gasteiger partial charge < -0.3 is 0 Å². The van der Waals surface area contributed by atoms with E-state index in [0.29, 0.717) is 9.88 Å². The summed E-state index contributed by atoms with van der Waals surface area (Å²) < 4.78 is 13.4. The quantitative estimate of drug-likeness (QED) is 0.538. The number of hydrogen-bond acceptors (Lipinski definition) is 4. The molecule has 4 rings (SSSR count). The van der Waals surface area contributed by atoms with Crippen LogP contribution in [0.25, 0.3) is 10.6 Å². The van der Waals surface area contributed by atoms with Crippen LogP contribution in [0, 0.1) is 5.82 Å². The fraction of sp³-hybridized carbons (Fsp3) is 0. The second-order valence-corrected chi connectivity index (χ2v) is 5.91. The van der Waals surface area contributed by atoms with E-state index in [1.807, 2.05) is 30.3 Å². The predicted molar refractivity (Wildman–Crippen MR) is 80.8 cm³/mol. The molecule has 0 saturated heterocycles. The van der Waals surface area contributed by atoms with E-state index in [2.05, 4.69) is 4.98 Å². The van der Waals surface area contributed by atoms with Crippen LogP contribution in [0.2, 0.25) is 0 Å². The summed E-state index contributed by atoms with van der Waals surface area (Å²) in [5.41, 5.74) is 1.29. The molecule has 106 valence electrons. The van der Waals surface area contributed by atoms with Crippen LogP contribution >= 0.6 is 11.3 Å². The Labute approximate surface area is 129 Å². The van der Waals surface area contributed by atoms with Crippen molar-refractivity contribution in [2.75, 3.05) is 0 Å². The van der Waals surface area contributed by atoms with E-state index in [9.17, 15) is 14.0 Å². The van der Waals surface area contributed by atoms with Gasteiger partial charge in [0.15, 0.2) is 0 Å². The van der Waals surface area contributed by atoms with Crippen LogP contribution in [-0.2, 0) is 0 Å². The summed E-state index contributed by atoms with van der Waals surface area (Å²) in [7, 11) is 0. The SMILES string of the molecule is O=C1c2cc(F)ccc2C(=O)c2sc(-c3ccccc3)nc21. The Morgan fingerprint density at radius 2 is 1.68 bits per heavy atom. The number of halogens is 1. The minimum atomic E-state index is -0.540. The molecular formula is C17H8FNO2S. The first-order valence-electron chi connectivity index (χ1n) is 6.60. The molecule has 1 heterocycles. The highest BCUT2D eigenvalue weighted by Crippen LogP contribution is 2.35. The third-order valence-corrected chi connectivity index (χ3v) is 4.64. The van der Waals surface area contributed by atoms with Gasteiger partial charge in [0, 0.05) is 16.7 Å². The Morgan fingerprint density at radius 3 is 2.45 bits per heavy atom. The van der Waals surface area contributed by atoms with Gasteiger partial charge in [0.05, 0.1) is 0 Å². The van der Waals surface area contributed by atoms with Gasteiger partial charge in [-0.25, -0.2) is 9.37 Å². The summed E-state index contributed by atoms with van der Waals surface area (Å²) >= 11 is 1.19. The van der Waals surface area contributed by atoms with Crippen molar-refractivity contribution in [3.05, 3.63) is 76.0 Å². The Morgan fingerprint density at radius 1 is 0.909 bits per heavy atom. The van der Waals surface area contributed by atoms with Gasteiger partial charge in [0.1, 0.15) is 21.4 Å². The smallest absolute Gasteiger partial charge is 0.213 e. The highest BCUT2D eigenvalue weighted by atomic mass is 32.1. The molecule has 0 unspecified atom stereocenters. The van der Waals surface area contributed by atoms with Gasteiger partial charge in [-0.05, 0) is 18.2 Å². The molecule has 0 atom stereocenters. The molecule has 0 radical (unpaired) electrons. The normalized spacial score (nSPS) is 13.0. The van der Waals surface area contributed by atoms with E-state index >= 15 is 0 Å². The maximum absolute atomic E-state index is 13.4. The molecule has 2 aromatic carbocycles. The van der Waals surface area contributed by atoms with E-state index in [-0.39, 0.29) is 22.6 Å². The first-order chi connectivity index (χ1) is 10.6. The summed E-state index contributed by atoms with van der Waals surface area (Å²) in [4.78, 5) is 29.6. The van der Waals surface area contributed by atoms with Crippen molar-refractivity contribution in [1.29, 1.82) is 0 Å². The molecule has 0 N–H and O–H groups in total. The lowest BCUT2D eigenvalue weighted by Crippen LogP contribution is -2.19. The number of carbonyl (C=O) groups excluding carboxylic acids is 2. The van der Waals surface area contributed by atoms with E-state index in [1.54, 1.807) is 0 Å². The zero-order valence-corrected chi connectivity index (χ0v) is 12.0. The number of fused-ring (bicyclic) bond motifs is 2. The second kappa shape index (κ2) is 4.68. The average Bonchev–Trinajstić information content (AvgIpc) is 2.99. The standard InChI is InChI=1S/C17H8FNO2S/c18-10-6-7-11-12(8-10)14(20)13-16(15(11)21)22-17(19-13)9-4-2-1-3-5-9/h1-8H. The lowest BCUT2D eigenvalue weighted by Gasteiger charge is -2.12. The average molecular weight is 309 g/mol. The molecule has 22 heavy (non-hydrogen) atoms. The molecule has 1 aliphatic carbocycles. The van der Waals surface area contributed by atoms with Crippen LogP contribution in [-0.4, -0.2) is 16.6 Å². The van der Waals surface area contributed by atoms with Gasteiger partial charge in [-0.15, -0.1) is 11.3 Å². The molecule has 0 bridgehead atoms. The third kappa shape index (κ3) is 1.83. The van der Waals surface area contributed by atoms with Gasteiger partial charge in [-0.1, -0.05) is 30.3 Å². The molecule has 1 aliphatic rings. The van der Waals surface area contributed by atoms with Gasteiger partial charge in [-0.2, -0.15) is 0 Å². The van der Waals surface area contributed by atoms with Gasteiger partial charge in [-0.3, -0.25) is 9.59 Å². The third-order valence-electron chi connectivity index (χ3n) is 3.54. The number of rotatable bonds is 1. The molecular weight excluding hydrogens is 301 g/mol.